The van der Waals surface area contributed by atoms with Crippen molar-refractivity contribution in [2.45, 2.75) is 6.42 Å². The standard InChI is InChI=1S/C7H10N2O2.C4H7NO2/c1-4(6(8)10)3-5(2)7(9)11;1-3(2-6)4(5)7/h1-3H2,(H2,8,10)(H2,9,11);6H,1-2H2,(H2,5,7). The quantitative estimate of drug-likeness (QED) is 0.426. The zero-order valence-electron chi connectivity index (χ0n) is 9.94. The summed E-state index contributed by atoms with van der Waals surface area (Å²) in [5.41, 5.74) is 14.7. The van der Waals surface area contributed by atoms with Crippen molar-refractivity contribution in [3.05, 3.63) is 36.5 Å². The minimum absolute atomic E-state index is 0.0417. The lowest BCUT2D eigenvalue weighted by molar-refractivity contribution is -0.116. The largest absolute Gasteiger partial charge is 0.391 e. The Balaban J connectivity index is 0. The first-order valence-electron chi connectivity index (χ1n) is 4.67. The maximum Gasteiger partial charge on any atom is 0.246 e. The fraction of sp³-hybridized carbons (Fsp3) is 0.182. The molecule has 3 amide bonds. The predicted octanol–water partition coefficient (Wildman–Crippen LogP) is -1.52. The summed E-state index contributed by atoms with van der Waals surface area (Å²) in [4.78, 5) is 30.7. The molecule has 0 rings (SSSR count). The molecule has 0 bridgehead atoms. The monoisotopic (exact) mass is 255 g/mol. The molecule has 0 aromatic carbocycles. The van der Waals surface area contributed by atoms with Crippen LogP contribution in [-0.2, 0) is 14.4 Å². The van der Waals surface area contributed by atoms with Gasteiger partial charge in [-0.25, -0.2) is 0 Å². The van der Waals surface area contributed by atoms with Gasteiger partial charge in [0.2, 0.25) is 17.7 Å². The minimum atomic E-state index is -0.650. The number of aliphatic hydroxyl groups is 1. The van der Waals surface area contributed by atoms with Gasteiger partial charge in [-0.1, -0.05) is 19.7 Å². The number of aliphatic hydroxyl groups excluding tert-OH is 1. The van der Waals surface area contributed by atoms with Crippen LogP contribution < -0.4 is 17.2 Å². The van der Waals surface area contributed by atoms with Crippen molar-refractivity contribution >= 4 is 17.7 Å². The molecule has 0 saturated carbocycles. The Morgan fingerprint density at radius 2 is 1.06 bits per heavy atom. The molecule has 0 atom stereocenters. The van der Waals surface area contributed by atoms with E-state index in [2.05, 4.69) is 25.5 Å². The summed E-state index contributed by atoms with van der Waals surface area (Å²) >= 11 is 0. The molecular formula is C11H17N3O4. The second-order valence-electron chi connectivity index (χ2n) is 3.24. The van der Waals surface area contributed by atoms with E-state index >= 15 is 0 Å². The minimum Gasteiger partial charge on any atom is -0.391 e. The molecule has 7 nitrogen and oxygen atoms in total. The van der Waals surface area contributed by atoms with E-state index < -0.39 is 17.7 Å². The van der Waals surface area contributed by atoms with Gasteiger partial charge in [-0.3, -0.25) is 14.4 Å². The lowest BCUT2D eigenvalue weighted by atomic mass is 10.1. The van der Waals surface area contributed by atoms with Gasteiger partial charge in [0.15, 0.2) is 0 Å². The molecule has 0 aliphatic heterocycles. The normalized spacial score (nSPS) is 8.50. The molecular weight excluding hydrogens is 238 g/mol. The first-order chi connectivity index (χ1) is 8.13. The van der Waals surface area contributed by atoms with Crippen LogP contribution >= 0.6 is 0 Å². The number of hydrogen-bond acceptors (Lipinski definition) is 4. The van der Waals surface area contributed by atoms with Crippen molar-refractivity contribution in [2.75, 3.05) is 6.61 Å². The molecule has 0 aliphatic rings. The van der Waals surface area contributed by atoms with Gasteiger partial charge in [0.05, 0.1) is 6.61 Å². The third kappa shape index (κ3) is 8.86. The Labute approximate surface area is 105 Å². The van der Waals surface area contributed by atoms with Crippen molar-refractivity contribution < 1.29 is 19.5 Å². The highest BCUT2D eigenvalue weighted by molar-refractivity contribution is 5.97. The van der Waals surface area contributed by atoms with E-state index in [0.29, 0.717) is 0 Å². The van der Waals surface area contributed by atoms with E-state index in [1.54, 1.807) is 0 Å². The first kappa shape index (κ1) is 18.0. The fourth-order valence-electron chi connectivity index (χ4n) is 0.510. The second kappa shape index (κ2) is 8.71. The molecule has 0 saturated heterocycles. The number of primary amides is 3. The Morgan fingerprint density at radius 1 is 0.778 bits per heavy atom. The summed E-state index contributed by atoms with van der Waals surface area (Å²) in [5, 5.41) is 8.10. The summed E-state index contributed by atoms with van der Waals surface area (Å²) in [5.74, 6) is -1.94. The molecule has 0 spiro atoms. The molecule has 0 radical (unpaired) electrons. The van der Waals surface area contributed by atoms with E-state index in [-0.39, 0.29) is 29.7 Å². The maximum atomic E-state index is 10.4. The Bertz CT molecular complexity index is 375. The Hall–Kier alpha value is -2.41. The average molecular weight is 255 g/mol. The van der Waals surface area contributed by atoms with E-state index in [9.17, 15) is 14.4 Å². The van der Waals surface area contributed by atoms with Crippen molar-refractivity contribution in [2.24, 2.45) is 17.2 Å². The van der Waals surface area contributed by atoms with Gasteiger partial charge < -0.3 is 22.3 Å². The molecule has 0 aliphatic carbocycles. The fourth-order valence-corrected chi connectivity index (χ4v) is 0.510. The highest BCUT2D eigenvalue weighted by Gasteiger charge is 2.07. The van der Waals surface area contributed by atoms with Gasteiger partial charge >= 0.3 is 0 Å². The SMILES string of the molecule is C=C(CC(=C)C(N)=O)C(N)=O.C=C(CO)C(N)=O. The van der Waals surface area contributed by atoms with Gasteiger partial charge in [-0.15, -0.1) is 0 Å². The van der Waals surface area contributed by atoms with Crippen LogP contribution in [0, 0.1) is 0 Å². The average Bonchev–Trinajstić information content (AvgIpc) is 2.28. The van der Waals surface area contributed by atoms with E-state index in [0.717, 1.165) is 0 Å². The smallest absolute Gasteiger partial charge is 0.246 e. The van der Waals surface area contributed by atoms with E-state index in [1.807, 2.05) is 0 Å². The predicted molar refractivity (Wildman–Crippen MR) is 66.7 cm³/mol. The summed E-state index contributed by atoms with van der Waals surface area (Å²) < 4.78 is 0. The highest BCUT2D eigenvalue weighted by atomic mass is 16.3. The molecule has 0 heterocycles. The van der Waals surface area contributed by atoms with Gasteiger partial charge in [0.1, 0.15) is 0 Å². The van der Waals surface area contributed by atoms with Gasteiger partial charge in [0, 0.05) is 23.1 Å². The number of rotatable bonds is 6. The number of amides is 3. The van der Waals surface area contributed by atoms with Crippen molar-refractivity contribution in [3.63, 3.8) is 0 Å². The molecule has 7 N–H and O–H groups in total. The Morgan fingerprint density at radius 3 is 1.17 bits per heavy atom. The van der Waals surface area contributed by atoms with Crippen LogP contribution in [0.5, 0.6) is 0 Å². The van der Waals surface area contributed by atoms with E-state index in [4.69, 9.17) is 16.6 Å². The van der Waals surface area contributed by atoms with Crippen LogP contribution in [-0.4, -0.2) is 29.4 Å². The summed E-state index contributed by atoms with van der Waals surface area (Å²) in [7, 11) is 0. The molecule has 0 unspecified atom stereocenters. The summed E-state index contributed by atoms with van der Waals surface area (Å²) in [6.45, 7) is 9.46. The zero-order valence-corrected chi connectivity index (χ0v) is 9.94. The van der Waals surface area contributed by atoms with Crippen molar-refractivity contribution in [1.82, 2.24) is 0 Å². The summed E-state index contributed by atoms with van der Waals surface area (Å²) in [6, 6.07) is 0. The molecule has 18 heavy (non-hydrogen) atoms. The van der Waals surface area contributed by atoms with Crippen molar-refractivity contribution in [1.29, 1.82) is 0 Å². The van der Waals surface area contributed by atoms with Crippen LogP contribution in [0.4, 0.5) is 0 Å². The third-order valence-corrected chi connectivity index (χ3v) is 1.66. The van der Waals surface area contributed by atoms with Crippen molar-refractivity contribution in [3.8, 4) is 0 Å². The number of carbonyl (C=O) groups is 3. The van der Waals surface area contributed by atoms with Crippen LogP contribution in [0.25, 0.3) is 0 Å². The molecule has 0 fully saturated rings. The number of hydrogen-bond donors (Lipinski definition) is 4. The molecule has 100 valence electrons. The maximum absolute atomic E-state index is 10.4. The number of carbonyl (C=O) groups excluding carboxylic acids is 3. The lowest BCUT2D eigenvalue weighted by Crippen LogP contribution is -2.18. The van der Waals surface area contributed by atoms with Crippen LogP contribution in [0.3, 0.4) is 0 Å². The van der Waals surface area contributed by atoms with E-state index in [1.165, 1.54) is 0 Å². The van der Waals surface area contributed by atoms with Gasteiger partial charge in [0.25, 0.3) is 0 Å². The molecule has 7 heteroatoms. The second-order valence-corrected chi connectivity index (χ2v) is 3.24. The summed E-state index contributed by atoms with van der Waals surface area (Å²) in [6.07, 6.45) is 0.0463. The molecule has 0 aromatic heterocycles. The number of nitrogens with two attached hydrogens (primary N) is 3. The van der Waals surface area contributed by atoms with Crippen LogP contribution in [0.15, 0.2) is 36.5 Å². The van der Waals surface area contributed by atoms with Gasteiger partial charge in [-0.05, 0) is 0 Å². The Kier molecular flexibility index (Phi) is 8.69. The first-order valence-corrected chi connectivity index (χ1v) is 4.67. The van der Waals surface area contributed by atoms with Crippen LogP contribution in [0.2, 0.25) is 0 Å². The zero-order chi connectivity index (χ0) is 14.9. The van der Waals surface area contributed by atoms with Gasteiger partial charge in [-0.2, -0.15) is 0 Å². The molecule has 0 aromatic rings. The lowest BCUT2D eigenvalue weighted by Gasteiger charge is -1.99. The topological polar surface area (TPSA) is 150 Å². The highest BCUT2D eigenvalue weighted by Crippen LogP contribution is 2.05. The van der Waals surface area contributed by atoms with Crippen LogP contribution in [0.1, 0.15) is 6.42 Å². The third-order valence-electron chi connectivity index (χ3n) is 1.66.